The largest absolute Gasteiger partial charge is 0.478 e. The summed E-state index contributed by atoms with van der Waals surface area (Å²) in [7, 11) is 0. The standard InChI is InChI=1S/C8H10N2O2.ClH/c1-5-2-3-6(8(11)12)4-7(5)10-9;/h2-4,10H,9H2,1H3,(H,11,12);1H. The summed E-state index contributed by atoms with van der Waals surface area (Å²) in [4.78, 5) is 10.5. The van der Waals surface area contributed by atoms with Gasteiger partial charge in [-0.15, -0.1) is 12.4 Å². The predicted octanol–water partition coefficient (Wildman–Crippen LogP) is 1.40. The maximum atomic E-state index is 10.5. The van der Waals surface area contributed by atoms with Crippen LogP contribution < -0.4 is 11.3 Å². The Morgan fingerprint density at radius 3 is 2.62 bits per heavy atom. The van der Waals surface area contributed by atoms with Crippen LogP contribution in [0.5, 0.6) is 0 Å². The number of nitrogens with two attached hydrogens (primary N) is 1. The number of hydrogen-bond acceptors (Lipinski definition) is 3. The molecule has 13 heavy (non-hydrogen) atoms. The maximum absolute atomic E-state index is 10.5. The van der Waals surface area contributed by atoms with Crippen LogP contribution in [0.15, 0.2) is 18.2 Å². The number of aryl methyl sites for hydroxylation is 1. The molecule has 0 atom stereocenters. The SMILES string of the molecule is Cc1ccc(C(=O)O)cc1NN.Cl. The van der Waals surface area contributed by atoms with Gasteiger partial charge in [0, 0.05) is 0 Å². The van der Waals surface area contributed by atoms with Crippen molar-refractivity contribution in [2.75, 3.05) is 5.43 Å². The van der Waals surface area contributed by atoms with E-state index in [2.05, 4.69) is 5.43 Å². The average molecular weight is 203 g/mol. The number of nitrogen functional groups attached to an aromatic ring is 1. The van der Waals surface area contributed by atoms with Gasteiger partial charge in [-0.1, -0.05) is 6.07 Å². The maximum Gasteiger partial charge on any atom is 0.335 e. The molecule has 1 aromatic rings. The molecule has 0 unspecified atom stereocenters. The lowest BCUT2D eigenvalue weighted by Crippen LogP contribution is -2.09. The van der Waals surface area contributed by atoms with Gasteiger partial charge in [-0.25, -0.2) is 4.79 Å². The second-order valence-electron chi connectivity index (χ2n) is 2.48. The highest BCUT2D eigenvalue weighted by Gasteiger charge is 2.04. The smallest absolute Gasteiger partial charge is 0.335 e. The molecule has 0 aliphatic rings. The third-order valence-corrected chi connectivity index (χ3v) is 1.64. The minimum atomic E-state index is -0.952. The van der Waals surface area contributed by atoms with E-state index in [4.69, 9.17) is 10.9 Å². The Hall–Kier alpha value is -1.26. The lowest BCUT2D eigenvalue weighted by atomic mass is 10.1. The van der Waals surface area contributed by atoms with E-state index in [-0.39, 0.29) is 18.0 Å². The number of carbonyl (C=O) groups is 1. The Labute approximate surface area is 82.1 Å². The van der Waals surface area contributed by atoms with E-state index in [0.29, 0.717) is 5.69 Å². The summed E-state index contributed by atoms with van der Waals surface area (Å²) >= 11 is 0. The van der Waals surface area contributed by atoms with Gasteiger partial charge in [0.2, 0.25) is 0 Å². The van der Waals surface area contributed by atoms with Gasteiger partial charge in [0.15, 0.2) is 0 Å². The Kier molecular flexibility index (Phi) is 4.23. The van der Waals surface area contributed by atoms with Gasteiger partial charge in [0.1, 0.15) is 0 Å². The Balaban J connectivity index is 0.00000144. The third kappa shape index (κ3) is 2.61. The molecule has 4 nitrogen and oxygen atoms in total. The highest BCUT2D eigenvalue weighted by molar-refractivity contribution is 5.89. The topological polar surface area (TPSA) is 75.3 Å². The Morgan fingerprint density at radius 1 is 1.54 bits per heavy atom. The molecule has 0 spiro atoms. The van der Waals surface area contributed by atoms with Crippen molar-refractivity contribution in [3.63, 3.8) is 0 Å². The van der Waals surface area contributed by atoms with Crippen molar-refractivity contribution < 1.29 is 9.90 Å². The molecular weight excluding hydrogens is 192 g/mol. The molecule has 1 rings (SSSR count). The molecule has 0 aliphatic carbocycles. The summed E-state index contributed by atoms with van der Waals surface area (Å²) in [5.74, 6) is 4.22. The van der Waals surface area contributed by atoms with Crippen LogP contribution in [0, 0.1) is 6.92 Å². The van der Waals surface area contributed by atoms with Crippen molar-refractivity contribution in [3.8, 4) is 0 Å². The fraction of sp³-hybridized carbons (Fsp3) is 0.125. The third-order valence-electron chi connectivity index (χ3n) is 1.64. The monoisotopic (exact) mass is 202 g/mol. The summed E-state index contributed by atoms with van der Waals surface area (Å²) in [5.41, 5.74) is 4.21. The second kappa shape index (κ2) is 4.69. The Bertz CT molecular complexity index is 315. The fourth-order valence-corrected chi connectivity index (χ4v) is 0.911. The number of rotatable bonds is 2. The predicted molar refractivity (Wildman–Crippen MR) is 53.2 cm³/mol. The number of benzene rings is 1. The zero-order valence-electron chi connectivity index (χ0n) is 7.07. The zero-order valence-corrected chi connectivity index (χ0v) is 7.89. The molecule has 0 fully saturated rings. The van der Waals surface area contributed by atoms with E-state index in [1.807, 2.05) is 6.92 Å². The molecule has 0 aliphatic heterocycles. The number of hydrazine groups is 1. The van der Waals surface area contributed by atoms with E-state index in [1.54, 1.807) is 12.1 Å². The van der Waals surface area contributed by atoms with Crippen LogP contribution in [0.4, 0.5) is 5.69 Å². The van der Waals surface area contributed by atoms with Gasteiger partial charge < -0.3 is 10.5 Å². The van der Waals surface area contributed by atoms with Crippen molar-refractivity contribution in [2.45, 2.75) is 6.92 Å². The summed E-state index contributed by atoms with van der Waals surface area (Å²) in [6, 6.07) is 4.74. The van der Waals surface area contributed by atoms with Crippen LogP contribution in [-0.4, -0.2) is 11.1 Å². The number of hydrogen-bond donors (Lipinski definition) is 3. The molecule has 1 aromatic carbocycles. The van der Waals surface area contributed by atoms with E-state index >= 15 is 0 Å². The van der Waals surface area contributed by atoms with Crippen LogP contribution in [0.1, 0.15) is 15.9 Å². The van der Waals surface area contributed by atoms with Crippen LogP contribution in [0.25, 0.3) is 0 Å². The number of carboxylic acid groups (broad SMARTS) is 1. The van der Waals surface area contributed by atoms with Gasteiger partial charge in [0.25, 0.3) is 0 Å². The number of carboxylic acids is 1. The molecule has 0 bridgehead atoms. The summed E-state index contributed by atoms with van der Waals surface area (Å²) in [6.45, 7) is 1.85. The zero-order chi connectivity index (χ0) is 9.14. The molecule has 0 heterocycles. The van der Waals surface area contributed by atoms with E-state index in [1.165, 1.54) is 6.07 Å². The van der Waals surface area contributed by atoms with Gasteiger partial charge in [-0.05, 0) is 24.6 Å². The summed E-state index contributed by atoms with van der Waals surface area (Å²) < 4.78 is 0. The molecule has 5 heteroatoms. The molecule has 0 aromatic heterocycles. The van der Waals surface area contributed by atoms with Crippen molar-refractivity contribution in [1.29, 1.82) is 0 Å². The van der Waals surface area contributed by atoms with E-state index < -0.39 is 5.97 Å². The normalized spacial score (nSPS) is 8.77. The number of aromatic carboxylic acids is 1. The van der Waals surface area contributed by atoms with Crippen molar-refractivity contribution >= 4 is 24.1 Å². The first-order valence-corrected chi connectivity index (χ1v) is 3.45. The number of halogens is 1. The van der Waals surface area contributed by atoms with E-state index in [9.17, 15) is 4.79 Å². The minimum Gasteiger partial charge on any atom is -0.478 e. The van der Waals surface area contributed by atoms with Crippen LogP contribution in [0.2, 0.25) is 0 Å². The van der Waals surface area contributed by atoms with Crippen molar-refractivity contribution in [1.82, 2.24) is 0 Å². The average Bonchev–Trinajstić information content (AvgIpc) is 2.05. The number of anilines is 1. The fourth-order valence-electron chi connectivity index (χ4n) is 0.911. The van der Waals surface area contributed by atoms with Gasteiger partial charge in [0.05, 0.1) is 11.3 Å². The minimum absolute atomic E-state index is 0. The van der Waals surface area contributed by atoms with Crippen LogP contribution in [0.3, 0.4) is 0 Å². The first kappa shape index (κ1) is 11.7. The van der Waals surface area contributed by atoms with Gasteiger partial charge in [-0.2, -0.15) is 0 Å². The molecule has 0 saturated carbocycles. The molecule has 0 saturated heterocycles. The van der Waals surface area contributed by atoms with E-state index in [0.717, 1.165) is 5.56 Å². The van der Waals surface area contributed by atoms with Crippen molar-refractivity contribution in [2.24, 2.45) is 5.84 Å². The Morgan fingerprint density at radius 2 is 2.15 bits per heavy atom. The highest BCUT2D eigenvalue weighted by atomic mass is 35.5. The molecular formula is C8H11ClN2O2. The molecule has 72 valence electrons. The summed E-state index contributed by atoms with van der Waals surface area (Å²) in [6.07, 6.45) is 0. The quantitative estimate of drug-likeness (QED) is 0.501. The van der Waals surface area contributed by atoms with Gasteiger partial charge >= 0.3 is 5.97 Å². The molecule has 0 radical (unpaired) electrons. The number of nitrogens with one attached hydrogen (secondary N) is 1. The van der Waals surface area contributed by atoms with Crippen molar-refractivity contribution in [3.05, 3.63) is 29.3 Å². The summed E-state index contributed by atoms with van der Waals surface area (Å²) in [5, 5.41) is 8.63. The highest BCUT2D eigenvalue weighted by Crippen LogP contribution is 2.15. The first-order chi connectivity index (χ1) is 5.65. The second-order valence-corrected chi connectivity index (χ2v) is 2.48. The van der Waals surface area contributed by atoms with Crippen LogP contribution in [-0.2, 0) is 0 Å². The lowest BCUT2D eigenvalue weighted by Gasteiger charge is -2.04. The molecule has 0 amide bonds. The van der Waals surface area contributed by atoms with Crippen LogP contribution >= 0.6 is 12.4 Å². The molecule has 4 N–H and O–H groups in total. The lowest BCUT2D eigenvalue weighted by molar-refractivity contribution is 0.0697. The first-order valence-electron chi connectivity index (χ1n) is 3.45. The van der Waals surface area contributed by atoms with Gasteiger partial charge in [-0.3, -0.25) is 5.84 Å².